The summed E-state index contributed by atoms with van der Waals surface area (Å²) in [6, 6.07) is 7.70. The van der Waals surface area contributed by atoms with E-state index in [0.717, 1.165) is 29.1 Å². The first-order valence-electron chi connectivity index (χ1n) is 10.2. The van der Waals surface area contributed by atoms with E-state index in [1.165, 1.54) is 38.5 Å². The van der Waals surface area contributed by atoms with Crippen LogP contribution in [-0.2, 0) is 16.0 Å². The molecule has 0 aromatic heterocycles. The van der Waals surface area contributed by atoms with Gasteiger partial charge in [0.25, 0.3) is 0 Å². The highest BCUT2D eigenvalue weighted by Crippen LogP contribution is 2.61. The second-order valence-corrected chi connectivity index (χ2v) is 9.04. The first-order chi connectivity index (χ1) is 13.0. The summed E-state index contributed by atoms with van der Waals surface area (Å²) in [5, 5.41) is 0. The third kappa shape index (κ3) is 4.28. The third-order valence-electron chi connectivity index (χ3n) is 6.82. The van der Waals surface area contributed by atoms with Crippen LogP contribution in [0.1, 0.15) is 56.9 Å². The molecule has 4 bridgehead atoms. The van der Waals surface area contributed by atoms with Gasteiger partial charge in [0.2, 0.25) is 11.8 Å². The fourth-order valence-corrected chi connectivity index (χ4v) is 6.18. The maximum atomic E-state index is 12.4. The Morgan fingerprint density at radius 3 is 2.30 bits per heavy atom. The monoisotopic (exact) mass is 370 g/mol. The minimum atomic E-state index is -0.156. The SMILES string of the molecule is COc1cccc(CCC(=O)NNC(=O)CC23CC4CC(CC(C4)C2)C3)c1. The number of ether oxygens (including phenoxy) is 1. The Kier molecular flexibility index (Phi) is 5.11. The summed E-state index contributed by atoms with van der Waals surface area (Å²) in [6.07, 6.45) is 9.26. The summed E-state index contributed by atoms with van der Waals surface area (Å²) in [7, 11) is 1.63. The van der Waals surface area contributed by atoms with Crippen molar-refractivity contribution in [3.05, 3.63) is 29.8 Å². The van der Waals surface area contributed by atoms with E-state index >= 15 is 0 Å². The minimum absolute atomic E-state index is 0.0355. The molecular weight excluding hydrogens is 340 g/mol. The number of aryl methyl sites for hydroxylation is 1. The average Bonchev–Trinajstić information content (AvgIpc) is 2.63. The second-order valence-electron chi connectivity index (χ2n) is 9.04. The highest BCUT2D eigenvalue weighted by Gasteiger charge is 2.51. The summed E-state index contributed by atoms with van der Waals surface area (Å²) in [5.41, 5.74) is 6.49. The molecule has 146 valence electrons. The topological polar surface area (TPSA) is 67.4 Å². The van der Waals surface area contributed by atoms with Crippen LogP contribution in [0.5, 0.6) is 5.75 Å². The number of methoxy groups -OCH3 is 1. The zero-order valence-electron chi connectivity index (χ0n) is 16.1. The zero-order chi connectivity index (χ0) is 18.9. The number of carbonyl (C=O) groups excluding carboxylic acids is 2. The Morgan fingerprint density at radius 1 is 1.04 bits per heavy atom. The van der Waals surface area contributed by atoms with Crippen molar-refractivity contribution in [2.24, 2.45) is 23.2 Å². The van der Waals surface area contributed by atoms with Gasteiger partial charge in [-0.1, -0.05) is 12.1 Å². The van der Waals surface area contributed by atoms with Crippen molar-refractivity contribution in [3.63, 3.8) is 0 Å². The molecule has 4 saturated carbocycles. The van der Waals surface area contributed by atoms with Crippen LogP contribution in [0.25, 0.3) is 0 Å². The van der Waals surface area contributed by atoms with Gasteiger partial charge < -0.3 is 4.74 Å². The lowest BCUT2D eigenvalue weighted by molar-refractivity contribution is -0.134. The normalized spacial score (nSPS) is 30.8. The summed E-state index contributed by atoms with van der Waals surface area (Å²) < 4.78 is 5.20. The molecule has 2 amide bonds. The van der Waals surface area contributed by atoms with Crippen molar-refractivity contribution < 1.29 is 14.3 Å². The molecule has 0 atom stereocenters. The molecule has 1 aromatic carbocycles. The number of carbonyl (C=O) groups is 2. The van der Waals surface area contributed by atoms with Crippen LogP contribution in [0.15, 0.2) is 24.3 Å². The van der Waals surface area contributed by atoms with E-state index in [1.54, 1.807) is 7.11 Å². The molecule has 5 heteroatoms. The van der Waals surface area contributed by atoms with Gasteiger partial charge in [-0.05, 0) is 85.8 Å². The Morgan fingerprint density at radius 2 is 1.67 bits per heavy atom. The van der Waals surface area contributed by atoms with Crippen molar-refractivity contribution in [1.29, 1.82) is 0 Å². The number of benzene rings is 1. The predicted octanol–water partition coefficient (Wildman–Crippen LogP) is 3.38. The van der Waals surface area contributed by atoms with Gasteiger partial charge >= 0.3 is 0 Å². The number of nitrogens with one attached hydrogen (secondary N) is 2. The first kappa shape index (κ1) is 18.3. The fourth-order valence-electron chi connectivity index (χ4n) is 6.18. The molecule has 0 unspecified atom stereocenters. The van der Waals surface area contributed by atoms with E-state index in [2.05, 4.69) is 10.9 Å². The largest absolute Gasteiger partial charge is 0.497 e. The van der Waals surface area contributed by atoms with Gasteiger partial charge in [0.15, 0.2) is 0 Å². The number of hydrazine groups is 1. The van der Waals surface area contributed by atoms with Gasteiger partial charge in [-0.15, -0.1) is 0 Å². The summed E-state index contributed by atoms with van der Waals surface area (Å²) in [6.45, 7) is 0. The average molecular weight is 370 g/mol. The van der Waals surface area contributed by atoms with Crippen LogP contribution in [0, 0.1) is 23.2 Å². The zero-order valence-corrected chi connectivity index (χ0v) is 16.1. The Bertz CT molecular complexity index is 680. The van der Waals surface area contributed by atoms with E-state index in [9.17, 15) is 9.59 Å². The molecule has 2 N–H and O–H groups in total. The molecule has 0 spiro atoms. The van der Waals surface area contributed by atoms with Crippen molar-refractivity contribution in [2.45, 2.75) is 57.8 Å². The molecule has 5 nitrogen and oxygen atoms in total. The Balaban J connectivity index is 1.22. The first-order valence-corrected chi connectivity index (χ1v) is 10.2. The van der Waals surface area contributed by atoms with Gasteiger partial charge in [0.1, 0.15) is 5.75 Å². The van der Waals surface area contributed by atoms with Crippen LogP contribution in [0.4, 0.5) is 0 Å². The third-order valence-corrected chi connectivity index (χ3v) is 6.82. The van der Waals surface area contributed by atoms with Crippen LogP contribution in [0.2, 0.25) is 0 Å². The molecule has 4 fully saturated rings. The smallest absolute Gasteiger partial charge is 0.238 e. The standard InChI is InChI=1S/C22H30N2O3/c1-27-19-4-2-3-15(10-19)5-6-20(25)23-24-21(26)14-22-11-16-7-17(12-22)9-18(8-16)13-22/h2-4,10,16-18H,5-9,11-14H2,1H3,(H,23,25)(H,24,26). The summed E-state index contributed by atoms with van der Waals surface area (Å²) >= 11 is 0. The molecule has 5 rings (SSSR count). The second kappa shape index (κ2) is 7.53. The maximum absolute atomic E-state index is 12.4. The van der Waals surface area contributed by atoms with E-state index in [1.807, 2.05) is 24.3 Å². The number of amides is 2. The van der Waals surface area contributed by atoms with Crippen molar-refractivity contribution in [1.82, 2.24) is 10.9 Å². The number of rotatable bonds is 6. The van der Waals surface area contributed by atoms with Crippen molar-refractivity contribution in [2.75, 3.05) is 7.11 Å². The van der Waals surface area contributed by atoms with Crippen molar-refractivity contribution in [3.8, 4) is 5.75 Å². The lowest BCUT2D eigenvalue weighted by Gasteiger charge is -2.56. The maximum Gasteiger partial charge on any atom is 0.238 e. The summed E-state index contributed by atoms with van der Waals surface area (Å²) in [4.78, 5) is 24.5. The van der Waals surface area contributed by atoms with Crippen LogP contribution in [-0.4, -0.2) is 18.9 Å². The quantitative estimate of drug-likeness (QED) is 0.755. The molecule has 27 heavy (non-hydrogen) atoms. The van der Waals surface area contributed by atoms with Crippen LogP contribution >= 0.6 is 0 Å². The molecule has 0 radical (unpaired) electrons. The molecule has 1 aromatic rings. The predicted molar refractivity (Wildman–Crippen MR) is 103 cm³/mol. The highest BCUT2D eigenvalue weighted by atomic mass is 16.5. The van der Waals surface area contributed by atoms with Gasteiger partial charge in [0.05, 0.1) is 7.11 Å². The van der Waals surface area contributed by atoms with Crippen molar-refractivity contribution >= 4 is 11.8 Å². The Hall–Kier alpha value is -2.04. The van der Waals surface area contributed by atoms with Gasteiger partial charge in [0, 0.05) is 12.8 Å². The molecular formula is C22H30N2O3. The van der Waals surface area contributed by atoms with Gasteiger partial charge in [-0.3, -0.25) is 20.4 Å². The molecule has 4 aliphatic carbocycles. The van der Waals surface area contributed by atoms with E-state index in [0.29, 0.717) is 19.3 Å². The van der Waals surface area contributed by atoms with E-state index in [-0.39, 0.29) is 17.2 Å². The number of hydrogen-bond donors (Lipinski definition) is 2. The minimum Gasteiger partial charge on any atom is -0.497 e. The van der Waals surface area contributed by atoms with Gasteiger partial charge in [-0.2, -0.15) is 0 Å². The van der Waals surface area contributed by atoms with Gasteiger partial charge in [-0.25, -0.2) is 0 Å². The number of hydrogen-bond acceptors (Lipinski definition) is 3. The van der Waals surface area contributed by atoms with E-state index < -0.39 is 0 Å². The molecule has 4 aliphatic rings. The lowest BCUT2D eigenvalue weighted by atomic mass is 9.49. The van der Waals surface area contributed by atoms with Crippen LogP contribution < -0.4 is 15.6 Å². The molecule has 0 aliphatic heterocycles. The fraction of sp³-hybridized carbons (Fsp3) is 0.636. The van der Waals surface area contributed by atoms with Crippen LogP contribution in [0.3, 0.4) is 0 Å². The summed E-state index contributed by atoms with van der Waals surface area (Å²) in [5.74, 6) is 3.10. The van der Waals surface area contributed by atoms with E-state index in [4.69, 9.17) is 4.74 Å². The Labute approximate surface area is 161 Å². The highest BCUT2D eigenvalue weighted by molar-refractivity contribution is 5.82. The lowest BCUT2D eigenvalue weighted by Crippen LogP contribution is -2.50. The molecule has 0 heterocycles. The molecule has 0 saturated heterocycles.